The van der Waals surface area contributed by atoms with E-state index in [0.717, 1.165) is 0 Å². The lowest BCUT2D eigenvalue weighted by atomic mass is 10.1. The van der Waals surface area contributed by atoms with Crippen molar-refractivity contribution in [3.63, 3.8) is 0 Å². The van der Waals surface area contributed by atoms with Crippen molar-refractivity contribution >= 4 is 34.8 Å². The molecule has 0 aliphatic heterocycles. The molecule has 3 N–H and O–H groups in total. The number of aromatic nitrogens is 1. The Labute approximate surface area is 105 Å². The van der Waals surface area contributed by atoms with Gasteiger partial charge >= 0.3 is 5.97 Å². The molecular weight excluding hydrogens is 267 g/mol. The van der Waals surface area contributed by atoms with Gasteiger partial charge in [-0.05, 0) is 23.7 Å². The Morgan fingerprint density at radius 1 is 1.53 bits per heavy atom. The van der Waals surface area contributed by atoms with Gasteiger partial charge < -0.3 is 10.8 Å². The molecule has 0 fully saturated rings. The van der Waals surface area contributed by atoms with Gasteiger partial charge in [-0.3, -0.25) is 0 Å². The minimum Gasteiger partial charge on any atom is -0.477 e. The molecule has 17 heavy (non-hydrogen) atoms. The van der Waals surface area contributed by atoms with E-state index in [2.05, 4.69) is 4.37 Å². The first kappa shape index (κ1) is 11.8. The molecule has 88 valence electrons. The molecule has 2 rings (SSSR count). The van der Waals surface area contributed by atoms with E-state index in [9.17, 15) is 9.18 Å². The number of hydrogen-bond acceptors (Lipinski definition) is 4. The predicted octanol–water partition coefficient (Wildman–Crippen LogP) is 2.88. The number of aromatic carboxylic acids is 1. The zero-order valence-electron chi connectivity index (χ0n) is 8.28. The molecule has 0 aliphatic rings. The van der Waals surface area contributed by atoms with Crippen LogP contribution in [0.2, 0.25) is 5.02 Å². The fourth-order valence-corrected chi connectivity index (χ4v) is 2.25. The molecule has 0 saturated carbocycles. The number of benzene rings is 1. The number of hydrogen-bond donors (Lipinski definition) is 2. The Kier molecular flexibility index (Phi) is 2.99. The molecule has 0 atom stereocenters. The SMILES string of the molecule is Nc1c(-c2c(F)cccc2Cl)nsc1C(=O)O. The van der Waals surface area contributed by atoms with Crippen molar-refractivity contribution < 1.29 is 14.3 Å². The molecule has 0 saturated heterocycles. The number of nitrogens with two attached hydrogens (primary N) is 1. The van der Waals surface area contributed by atoms with E-state index in [1.807, 2.05) is 0 Å². The maximum Gasteiger partial charge on any atom is 0.349 e. The molecule has 0 aliphatic carbocycles. The van der Waals surface area contributed by atoms with Crippen LogP contribution in [0.1, 0.15) is 9.67 Å². The fraction of sp³-hybridized carbons (Fsp3) is 0. The second kappa shape index (κ2) is 4.31. The van der Waals surface area contributed by atoms with Gasteiger partial charge in [-0.1, -0.05) is 17.7 Å². The highest BCUT2D eigenvalue weighted by molar-refractivity contribution is 7.09. The van der Waals surface area contributed by atoms with E-state index in [4.69, 9.17) is 22.4 Å². The molecule has 1 heterocycles. The Hall–Kier alpha value is -1.66. The van der Waals surface area contributed by atoms with Crippen LogP contribution in [0.3, 0.4) is 0 Å². The minimum atomic E-state index is -1.20. The van der Waals surface area contributed by atoms with Crippen LogP contribution < -0.4 is 5.73 Å². The summed E-state index contributed by atoms with van der Waals surface area (Å²) in [6, 6.07) is 4.14. The summed E-state index contributed by atoms with van der Waals surface area (Å²) in [7, 11) is 0. The van der Waals surface area contributed by atoms with Crippen molar-refractivity contribution in [2.24, 2.45) is 0 Å². The molecule has 1 aromatic carbocycles. The third kappa shape index (κ3) is 1.96. The van der Waals surface area contributed by atoms with E-state index in [0.29, 0.717) is 11.5 Å². The van der Waals surface area contributed by atoms with Crippen LogP contribution in [0.15, 0.2) is 18.2 Å². The van der Waals surface area contributed by atoms with Gasteiger partial charge in [0.15, 0.2) is 4.88 Å². The Morgan fingerprint density at radius 2 is 2.24 bits per heavy atom. The topological polar surface area (TPSA) is 76.2 Å². The van der Waals surface area contributed by atoms with Gasteiger partial charge in [0, 0.05) is 0 Å². The summed E-state index contributed by atoms with van der Waals surface area (Å²) >= 11 is 6.54. The van der Waals surface area contributed by atoms with Gasteiger partial charge in [0.25, 0.3) is 0 Å². The lowest BCUT2D eigenvalue weighted by Crippen LogP contribution is -1.99. The van der Waals surface area contributed by atoms with E-state index in [-0.39, 0.29) is 26.8 Å². The number of carboxylic acids is 1. The summed E-state index contributed by atoms with van der Waals surface area (Å²) in [6.07, 6.45) is 0. The predicted molar refractivity (Wildman–Crippen MR) is 63.9 cm³/mol. The standard InChI is InChI=1S/C10H6ClFN2O2S/c11-4-2-1-3-5(12)6(4)8-7(13)9(10(15)16)17-14-8/h1-3H,13H2,(H,15,16). The normalized spacial score (nSPS) is 10.5. The highest BCUT2D eigenvalue weighted by Gasteiger charge is 2.21. The Morgan fingerprint density at radius 3 is 2.76 bits per heavy atom. The fourth-order valence-electron chi connectivity index (χ4n) is 1.36. The first-order valence-electron chi connectivity index (χ1n) is 4.45. The van der Waals surface area contributed by atoms with Crippen LogP contribution in [0.4, 0.5) is 10.1 Å². The number of rotatable bonds is 2. The summed E-state index contributed by atoms with van der Waals surface area (Å²) in [5.41, 5.74) is 5.63. The zero-order chi connectivity index (χ0) is 12.6. The number of nitrogens with zero attached hydrogens (tertiary/aromatic N) is 1. The molecule has 4 nitrogen and oxygen atoms in total. The molecule has 1 aromatic heterocycles. The maximum atomic E-state index is 13.6. The van der Waals surface area contributed by atoms with Gasteiger partial charge in [0.05, 0.1) is 16.3 Å². The summed E-state index contributed by atoms with van der Waals surface area (Å²) in [4.78, 5) is 10.7. The van der Waals surface area contributed by atoms with Crippen molar-refractivity contribution in [3.05, 3.63) is 33.9 Å². The van der Waals surface area contributed by atoms with Gasteiger partial charge in [0.1, 0.15) is 11.5 Å². The average Bonchev–Trinajstić information content (AvgIpc) is 2.61. The molecular formula is C10H6ClFN2O2S. The van der Waals surface area contributed by atoms with Crippen molar-refractivity contribution in [3.8, 4) is 11.3 Å². The first-order valence-corrected chi connectivity index (χ1v) is 5.60. The second-order valence-electron chi connectivity index (χ2n) is 3.18. The third-order valence-corrected chi connectivity index (χ3v) is 3.29. The van der Waals surface area contributed by atoms with Crippen LogP contribution in [0, 0.1) is 5.82 Å². The van der Waals surface area contributed by atoms with Crippen LogP contribution in [0.25, 0.3) is 11.3 Å². The second-order valence-corrected chi connectivity index (χ2v) is 4.36. The monoisotopic (exact) mass is 272 g/mol. The van der Waals surface area contributed by atoms with E-state index in [1.54, 1.807) is 0 Å². The number of nitrogen functional groups attached to an aromatic ring is 1. The van der Waals surface area contributed by atoms with Crippen LogP contribution in [0.5, 0.6) is 0 Å². The number of carboxylic acid groups (broad SMARTS) is 1. The summed E-state index contributed by atoms with van der Waals surface area (Å²) in [5.74, 6) is -1.79. The van der Waals surface area contributed by atoms with E-state index >= 15 is 0 Å². The molecule has 2 aromatic rings. The molecule has 0 bridgehead atoms. The zero-order valence-corrected chi connectivity index (χ0v) is 9.85. The molecule has 0 radical (unpaired) electrons. The highest BCUT2D eigenvalue weighted by atomic mass is 35.5. The summed E-state index contributed by atoms with van der Waals surface area (Å²) in [6.45, 7) is 0. The number of halogens is 2. The minimum absolute atomic E-state index is 0.0235. The van der Waals surface area contributed by atoms with Crippen molar-refractivity contribution in [2.45, 2.75) is 0 Å². The third-order valence-electron chi connectivity index (χ3n) is 2.12. The maximum absolute atomic E-state index is 13.6. The van der Waals surface area contributed by atoms with Gasteiger partial charge in [-0.25, -0.2) is 9.18 Å². The van der Waals surface area contributed by atoms with E-state index in [1.165, 1.54) is 18.2 Å². The van der Waals surface area contributed by atoms with E-state index < -0.39 is 11.8 Å². The van der Waals surface area contributed by atoms with Gasteiger partial charge in [-0.15, -0.1) is 0 Å². The van der Waals surface area contributed by atoms with Crippen molar-refractivity contribution in [2.75, 3.05) is 5.73 Å². The van der Waals surface area contributed by atoms with Gasteiger partial charge in [-0.2, -0.15) is 4.37 Å². The lowest BCUT2D eigenvalue weighted by molar-refractivity contribution is 0.0703. The lowest BCUT2D eigenvalue weighted by Gasteiger charge is -2.03. The summed E-state index contributed by atoms with van der Waals surface area (Å²) < 4.78 is 17.4. The molecule has 7 heteroatoms. The first-order chi connectivity index (χ1) is 8.02. The highest BCUT2D eigenvalue weighted by Crippen LogP contribution is 2.36. The quantitative estimate of drug-likeness (QED) is 0.881. The Bertz CT molecular complexity index is 580. The van der Waals surface area contributed by atoms with Crippen LogP contribution >= 0.6 is 23.1 Å². The largest absolute Gasteiger partial charge is 0.477 e. The number of anilines is 1. The van der Waals surface area contributed by atoms with Gasteiger partial charge in [0.2, 0.25) is 0 Å². The molecule has 0 unspecified atom stereocenters. The molecule has 0 amide bonds. The number of carbonyl (C=O) groups is 1. The summed E-state index contributed by atoms with van der Waals surface area (Å²) in [5, 5.41) is 8.97. The van der Waals surface area contributed by atoms with Crippen LogP contribution in [-0.4, -0.2) is 15.4 Å². The smallest absolute Gasteiger partial charge is 0.349 e. The molecule has 0 spiro atoms. The van der Waals surface area contributed by atoms with Crippen LogP contribution in [-0.2, 0) is 0 Å². The average molecular weight is 273 g/mol. The Balaban J connectivity index is 2.66. The van der Waals surface area contributed by atoms with Crippen molar-refractivity contribution in [1.82, 2.24) is 4.37 Å². The van der Waals surface area contributed by atoms with Crippen molar-refractivity contribution in [1.29, 1.82) is 0 Å².